The summed E-state index contributed by atoms with van der Waals surface area (Å²) in [5, 5.41) is 26.8. The molecule has 102 valence electrons. The van der Waals surface area contributed by atoms with Crippen molar-refractivity contribution in [3.05, 3.63) is 48.5 Å². The van der Waals surface area contributed by atoms with E-state index in [1.807, 2.05) is 19.9 Å². The highest BCUT2D eigenvalue weighted by Gasteiger charge is 2.04. The molecule has 3 N–H and O–H groups in total. The molecule has 0 aliphatic rings. The zero-order valence-electron chi connectivity index (χ0n) is 10.9. The van der Waals surface area contributed by atoms with Gasteiger partial charge in [-0.3, -0.25) is 0 Å². The van der Waals surface area contributed by atoms with Crippen molar-refractivity contribution >= 4 is 0 Å². The second-order valence-electron chi connectivity index (χ2n) is 4.15. The summed E-state index contributed by atoms with van der Waals surface area (Å²) in [4.78, 5) is 0. The van der Waals surface area contributed by atoms with E-state index < -0.39 is 0 Å². The van der Waals surface area contributed by atoms with Gasteiger partial charge < -0.3 is 20.1 Å². The van der Waals surface area contributed by atoms with Crippen LogP contribution in [-0.2, 0) is 0 Å². The molecule has 0 aliphatic heterocycles. The molecule has 0 fully saturated rings. The third kappa shape index (κ3) is 5.68. The molecule has 0 aliphatic carbocycles. The van der Waals surface area contributed by atoms with E-state index in [0.29, 0.717) is 11.5 Å². The predicted octanol–water partition coefficient (Wildman–Crippen LogP) is 3.28. The van der Waals surface area contributed by atoms with Crippen LogP contribution < -0.4 is 4.74 Å². The van der Waals surface area contributed by atoms with Crippen LogP contribution in [0.4, 0.5) is 0 Å². The van der Waals surface area contributed by atoms with Crippen molar-refractivity contribution < 1.29 is 20.1 Å². The third-order valence-corrected chi connectivity index (χ3v) is 2.06. The largest absolute Gasteiger partial charge is 0.508 e. The zero-order valence-corrected chi connectivity index (χ0v) is 10.9. The summed E-state index contributed by atoms with van der Waals surface area (Å²) in [6.45, 7) is 3.73. The summed E-state index contributed by atoms with van der Waals surface area (Å²) in [5.41, 5.74) is 0. The van der Waals surface area contributed by atoms with E-state index in [1.54, 1.807) is 24.3 Å². The fourth-order valence-corrected chi connectivity index (χ4v) is 1.29. The summed E-state index contributed by atoms with van der Waals surface area (Å²) >= 11 is 0. The van der Waals surface area contributed by atoms with Gasteiger partial charge in [0.15, 0.2) is 11.5 Å². The van der Waals surface area contributed by atoms with Crippen LogP contribution in [0.25, 0.3) is 0 Å². The van der Waals surface area contributed by atoms with Crippen LogP contribution in [0.2, 0.25) is 0 Å². The number of ether oxygens (including phenoxy) is 1. The van der Waals surface area contributed by atoms with Gasteiger partial charge in [-0.1, -0.05) is 18.2 Å². The van der Waals surface area contributed by atoms with Gasteiger partial charge in [-0.05, 0) is 38.1 Å². The molecule has 2 rings (SSSR count). The Morgan fingerprint density at radius 3 is 1.89 bits per heavy atom. The molecule has 0 unspecified atom stereocenters. The maximum atomic E-state index is 9.26. The number of aromatic hydroxyl groups is 3. The average Bonchev–Trinajstić information content (AvgIpc) is 2.34. The van der Waals surface area contributed by atoms with Gasteiger partial charge in [0.2, 0.25) is 0 Å². The lowest BCUT2D eigenvalue weighted by molar-refractivity contribution is 0.231. The van der Waals surface area contributed by atoms with Gasteiger partial charge in [-0.2, -0.15) is 0 Å². The molecular formula is C15H18O4. The second-order valence-corrected chi connectivity index (χ2v) is 4.15. The van der Waals surface area contributed by atoms with Crippen molar-refractivity contribution in [2.24, 2.45) is 0 Å². The van der Waals surface area contributed by atoms with E-state index in [-0.39, 0.29) is 17.6 Å². The van der Waals surface area contributed by atoms with Crippen molar-refractivity contribution in [2.75, 3.05) is 0 Å². The molecule has 2 aromatic rings. The maximum absolute atomic E-state index is 9.26. The predicted molar refractivity (Wildman–Crippen MR) is 73.6 cm³/mol. The Kier molecular flexibility index (Phi) is 5.54. The highest BCUT2D eigenvalue weighted by molar-refractivity contribution is 5.43. The molecule has 2 aromatic carbocycles. The quantitative estimate of drug-likeness (QED) is 0.776. The number of phenolic OH excluding ortho intramolecular Hbond substituents is 3. The second kappa shape index (κ2) is 7.16. The summed E-state index contributed by atoms with van der Waals surface area (Å²) in [7, 11) is 0. The maximum Gasteiger partial charge on any atom is 0.161 e. The highest BCUT2D eigenvalue weighted by atomic mass is 16.5. The molecule has 0 amide bonds. The van der Waals surface area contributed by atoms with Crippen LogP contribution in [0.1, 0.15) is 13.8 Å². The van der Waals surface area contributed by atoms with Crippen LogP contribution in [-0.4, -0.2) is 21.4 Å². The van der Waals surface area contributed by atoms with Crippen molar-refractivity contribution in [2.45, 2.75) is 20.0 Å². The Hall–Kier alpha value is -2.36. The first-order chi connectivity index (χ1) is 8.99. The Labute approximate surface area is 112 Å². The van der Waals surface area contributed by atoms with Gasteiger partial charge in [0.25, 0.3) is 0 Å². The minimum absolute atomic E-state index is 0.0143. The minimum atomic E-state index is -0.0382. The minimum Gasteiger partial charge on any atom is -0.508 e. The van der Waals surface area contributed by atoms with E-state index in [4.69, 9.17) is 14.9 Å². The number of benzene rings is 2. The SMILES string of the molecule is CC(C)Oc1ccc(O)cc1O.Oc1ccccc1. The molecule has 19 heavy (non-hydrogen) atoms. The van der Waals surface area contributed by atoms with Crippen molar-refractivity contribution in [1.82, 2.24) is 0 Å². The van der Waals surface area contributed by atoms with Crippen molar-refractivity contribution in [3.63, 3.8) is 0 Å². The van der Waals surface area contributed by atoms with Crippen LogP contribution in [0.3, 0.4) is 0 Å². The first-order valence-electron chi connectivity index (χ1n) is 5.91. The molecule has 0 atom stereocenters. The standard InChI is InChI=1S/C9H12O3.C6H6O/c1-6(2)12-9-4-3-7(10)5-8(9)11;7-6-4-2-1-3-5-6/h3-6,10-11H,1-2H3;1-5,7H. The summed E-state index contributed by atoms with van der Waals surface area (Å²) < 4.78 is 5.24. The molecule has 4 nitrogen and oxygen atoms in total. The molecular weight excluding hydrogens is 244 g/mol. The average molecular weight is 262 g/mol. The number of phenols is 3. The van der Waals surface area contributed by atoms with Crippen LogP contribution in [0.15, 0.2) is 48.5 Å². The monoisotopic (exact) mass is 262 g/mol. The normalized spacial score (nSPS) is 9.63. The number of hydrogen-bond donors (Lipinski definition) is 3. The smallest absolute Gasteiger partial charge is 0.161 e. The van der Waals surface area contributed by atoms with Gasteiger partial charge >= 0.3 is 0 Å². The number of hydrogen-bond acceptors (Lipinski definition) is 4. The Morgan fingerprint density at radius 2 is 1.47 bits per heavy atom. The van der Waals surface area contributed by atoms with E-state index in [1.165, 1.54) is 18.2 Å². The fourth-order valence-electron chi connectivity index (χ4n) is 1.29. The lowest BCUT2D eigenvalue weighted by Crippen LogP contribution is -2.05. The lowest BCUT2D eigenvalue weighted by atomic mass is 10.3. The van der Waals surface area contributed by atoms with Crippen LogP contribution in [0.5, 0.6) is 23.0 Å². The first kappa shape index (κ1) is 14.7. The van der Waals surface area contributed by atoms with Gasteiger partial charge in [0.1, 0.15) is 11.5 Å². The fraction of sp³-hybridized carbons (Fsp3) is 0.200. The molecule has 0 radical (unpaired) electrons. The van der Waals surface area contributed by atoms with Gasteiger partial charge in [-0.15, -0.1) is 0 Å². The molecule has 0 saturated heterocycles. The third-order valence-electron chi connectivity index (χ3n) is 2.06. The highest BCUT2D eigenvalue weighted by Crippen LogP contribution is 2.29. The molecule has 0 spiro atoms. The topological polar surface area (TPSA) is 69.9 Å². The number of para-hydroxylation sites is 1. The van der Waals surface area contributed by atoms with E-state index in [9.17, 15) is 5.11 Å². The zero-order chi connectivity index (χ0) is 14.3. The van der Waals surface area contributed by atoms with Crippen molar-refractivity contribution in [3.8, 4) is 23.0 Å². The lowest BCUT2D eigenvalue weighted by Gasteiger charge is -2.10. The van der Waals surface area contributed by atoms with Crippen molar-refractivity contribution in [1.29, 1.82) is 0 Å². The molecule has 4 heteroatoms. The van der Waals surface area contributed by atoms with E-state index >= 15 is 0 Å². The Balaban J connectivity index is 0.000000218. The van der Waals surface area contributed by atoms with Gasteiger partial charge in [0.05, 0.1) is 6.10 Å². The molecule has 0 saturated carbocycles. The van der Waals surface area contributed by atoms with Gasteiger partial charge in [0, 0.05) is 6.07 Å². The van der Waals surface area contributed by atoms with E-state index in [2.05, 4.69) is 0 Å². The summed E-state index contributed by atoms with van der Waals surface area (Å²) in [6, 6.07) is 13.0. The molecule has 0 aromatic heterocycles. The van der Waals surface area contributed by atoms with Crippen LogP contribution in [0, 0.1) is 0 Å². The van der Waals surface area contributed by atoms with Crippen LogP contribution >= 0.6 is 0 Å². The molecule has 0 heterocycles. The Morgan fingerprint density at radius 1 is 0.842 bits per heavy atom. The first-order valence-corrected chi connectivity index (χ1v) is 5.91. The molecule has 0 bridgehead atoms. The summed E-state index contributed by atoms with van der Waals surface area (Å²) in [5.74, 6) is 0.706. The summed E-state index contributed by atoms with van der Waals surface area (Å²) in [6.07, 6.45) is 0.0143. The van der Waals surface area contributed by atoms with E-state index in [0.717, 1.165) is 0 Å². The Bertz CT molecular complexity index is 495. The van der Waals surface area contributed by atoms with Gasteiger partial charge in [-0.25, -0.2) is 0 Å². The number of rotatable bonds is 2.